The number of aliphatic hydroxyl groups excluding tert-OH is 1. The van der Waals surface area contributed by atoms with E-state index in [2.05, 4.69) is 0 Å². The smallest absolute Gasteiger partial charge is 0.269 e. The number of hydrogen-bond donors (Lipinski definition) is 1. The monoisotopic (exact) mass is 394 g/mol. The first-order valence-corrected chi connectivity index (χ1v) is 9.74. The molecule has 4 rings (SSSR count). The predicted octanol–water partition coefficient (Wildman–Crippen LogP) is 3.17. The van der Waals surface area contributed by atoms with Gasteiger partial charge in [-0.25, -0.2) is 0 Å². The van der Waals surface area contributed by atoms with Crippen LogP contribution in [0.2, 0.25) is 0 Å². The Balaban J connectivity index is 1.71. The van der Waals surface area contributed by atoms with Gasteiger partial charge in [-0.15, -0.1) is 0 Å². The largest absolute Gasteiger partial charge is 0.373 e. The summed E-state index contributed by atoms with van der Waals surface area (Å²) in [6.45, 7) is 0.239. The first-order valence-electron chi connectivity index (χ1n) is 9.74. The van der Waals surface area contributed by atoms with E-state index in [-0.39, 0.29) is 30.3 Å². The summed E-state index contributed by atoms with van der Waals surface area (Å²) in [6, 6.07) is 15.3. The molecular weight excluding hydrogens is 372 g/mol. The van der Waals surface area contributed by atoms with Crippen LogP contribution >= 0.6 is 0 Å². The van der Waals surface area contributed by atoms with Gasteiger partial charge in [0.05, 0.1) is 4.92 Å². The highest BCUT2D eigenvalue weighted by molar-refractivity contribution is 6.09. The van der Waals surface area contributed by atoms with E-state index in [0.29, 0.717) is 24.8 Å². The minimum atomic E-state index is -1.20. The third-order valence-corrected chi connectivity index (χ3v) is 6.22. The second-order valence-corrected chi connectivity index (χ2v) is 7.78. The Labute approximate surface area is 168 Å². The van der Waals surface area contributed by atoms with Crippen molar-refractivity contribution in [3.05, 3.63) is 75.8 Å². The Kier molecular flexibility index (Phi) is 4.92. The maximum atomic E-state index is 13.6. The van der Waals surface area contributed by atoms with Crippen molar-refractivity contribution in [3.63, 3.8) is 0 Å². The van der Waals surface area contributed by atoms with Gasteiger partial charge in [-0.05, 0) is 24.0 Å². The second kappa shape index (κ2) is 7.40. The van der Waals surface area contributed by atoms with Crippen LogP contribution in [0.3, 0.4) is 0 Å². The number of amides is 1. The van der Waals surface area contributed by atoms with Crippen LogP contribution in [0.1, 0.15) is 42.7 Å². The molecule has 0 bridgehead atoms. The zero-order chi connectivity index (χ0) is 20.6. The van der Waals surface area contributed by atoms with Crippen LogP contribution in [0.4, 0.5) is 5.69 Å². The fourth-order valence-electron chi connectivity index (χ4n) is 4.77. The molecule has 1 spiro atoms. The summed E-state index contributed by atoms with van der Waals surface area (Å²) in [4.78, 5) is 38.4. The van der Waals surface area contributed by atoms with Crippen LogP contribution in [0.25, 0.3) is 0 Å². The number of aliphatic hydroxyl groups is 1. The number of rotatable bonds is 4. The zero-order valence-electron chi connectivity index (χ0n) is 15.9. The van der Waals surface area contributed by atoms with Crippen molar-refractivity contribution in [1.29, 1.82) is 0 Å². The molecule has 2 aliphatic rings. The molecule has 0 aromatic heterocycles. The van der Waals surface area contributed by atoms with Crippen molar-refractivity contribution in [1.82, 2.24) is 4.90 Å². The summed E-state index contributed by atoms with van der Waals surface area (Å²) in [7, 11) is 0. The molecule has 7 heteroatoms. The fraction of sp³-hybridized carbons (Fsp3) is 0.364. The third kappa shape index (κ3) is 3.21. The number of piperidine rings is 1. The predicted molar refractivity (Wildman–Crippen MR) is 105 cm³/mol. The first-order chi connectivity index (χ1) is 13.9. The van der Waals surface area contributed by atoms with E-state index >= 15 is 0 Å². The Morgan fingerprint density at radius 1 is 1.10 bits per heavy atom. The first kappa shape index (κ1) is 19.3. The summed E-state index contributed by atoms with van der Waals surface area (Å²) in [5, 5.41) is 21.8. The average Bonchev–Trinajstić information content (AvgIpc) is 3.11. The molecule has 0 unspecified atom stereocenters. The lowest BCUT2D eigenvalue weighted by atomic mass is 9.65. The molecule has 150 valence electrons. The van der Waals surface area contributed by atoms with Crippen molar-refractivity contribution < 1.29 is 19.6 Å². The van der Waals surface area contributed by atoms with Crippen molar-refractivity contribution in [2.45, 2.75) is 44.4 Å². The Morgan fingerprint density at radius 2 is 1.79 bits per heavy atom. The standard InChI is InChI=1S/C22H22N2O5/c25-19-7-4-12-22(19)18(16-8-10-17(11-9-16)24(28)29)13-20(26)23(21(22)27)14-15-5-2-1-3-6-15/h1-3,5-6,8-11,18,20,26H,4,7,12-14H2/t18-,20-,22+/m1/s1. The third-order valence-electron chi connectivity index (χ3n) is 6.22. The highest BCUT2D eigenvalue weighted by Crippen LogP contribution is 2.53. The molecule has 1 amide bonds. The summed E-state index contributed by atoms with van der Waals surface area (Å²) in [6.07, 6.45) is 0.599. The number of Topliss-reactive ketones (excluding diaryl/α,β-unsaturated/α-hetero) is 1. The average molecular weight is 394 g/mol. The Morgan fingerprint density at radius 3 is 2.38 bits per heavy atom. The number of ketones is 1. The SMILES string of the molecule is O=C1CCC[C@@]12C(=O)N(Cc1ccccc1)[C@H](O)C[C@@H]2c1ccc([N+](=O)[O-])cc1. The van der Waals surface area contributed by atoms with Gasteiger partial charge in [0.15, 0.2) is 0 Å². The van der Waals surface area contributed by atoms with Crippen LogP contribution in [-0.4, -0.2) is 32.8 Å². The number of nitro benzene ring substituents is 1. The number of nitro groups is 1. The summed E-state index contributed by atoms with van der Waals surface area (Å²) >= 11 is 0. The van der Waals surface area contributed by atoms with Gasteiger partial charge in [0, 0.05) is 37.4 Å². The quantitative estimate of drug-likeness (QED) is 0.488. The van der Waals surface area contributed by atoms with Crippen molar-refractivity contribution in [3.8, 4) is 0 Å². The molecule has 2 aromatic carbocycles. The number of carbonyl (C=O) groups excluding carboxylic acids is 2. The van der Waals surface area contributed by atoms with Crippen molar-refractivity contribution >= 4 is 17.4 Å². The van der Waals surface area contributed by atoms with Crippen LogP contribution in [-0.2, 0) is 16.1 Å². The van der Waals surface area contributed by atoms with Gasteiger partial charge in [0.2, 0.25) is 5.91 Å². The van der Waals surface area contributed by atoms with Crippen LogP contribution in [0.15, 0.2) is 54.6 Å². The second-order valence-electron chi connectivity index (χ2n) is 7.78. The maximum absolute atomic E-state index is 13.6. The summed E-state index contributed by atoms with van der Waals surface area (Å²) < 4.78 is 0. The van der Waals surface area contributed by atoms with Crippen molar-refractivity contribution in [2.75, 3.05) is 0 Å². The van der Waals surface area contributed by atoms with E-state index in [1.54, 1.807) is 12.1 Å². The molecule has 3 atom stereocenters. The number of likely N-dealkylation sites (tertiary alicyclic amines) is 1. The molecular formula is C22H22N2O5. The molecule has 1 saturated heterocycles. The lowest BCUT2D eigenvalue weighted by molar-refractivity contribution is -0.384. The lowest BCUT2D eigenvalue weighted by Gasteiger charge is -2.47. The molecule has 2 fully saturated rings. The molecule has 2 aromatic rings. The molecule has 7 nitrogen and oxygen atoms in total. The normalized spacial score (nSPS) is 26.9. The van der Waals surface area contributed by atoms with E-state index in [4.69, 9.17) is 0 Å². The van der Waals surface area contributed by atoms with E-state index in [9.17, 15) is 24.8 Å². The van der Waals surface area contributed by atoms with Gasteiger partial charge >= 0.3 is 0 Å². The number of nitrogens with zero attached hydrogens (tertiary/aromatic N) is 2. The van der Waals surface area contributed by atoms with E-state index in [0.717, 1.165) is 5.56 Å². The minimum absolute atomic E-state index is 0.0473. The van der Waals surface area contributed by atoms with Gasteiger partial charge < -0.3 is 10.0 Å². The molecule has 1 aliphatic heterocycles. The molecule has 1 aliphatic carbocycles. The molecule has 1 saturated carbocycles. The maximum Gasteiger partial charge on any atom is 0.269 e. The Hall–Kier alpha value is -3.06. The van der Waals surface area contributed by atoms with Gasteiger partial charge in [-0.2, -0.15) is 0 Å². The highest BCUT2D eigenvalue weighted by Gasteiger charge is 2.59. The van der Waals surface area contributed by atoms with Crippen LogP contribution in [0, 0.1) is 15.5 Å². The number of hydrogen-bond acceptors (Lipinski definition) is 5. The highest BCUT2D eigenvalue weighted by atomic mass is 16.6. The van der Waals surface area contributed by atoms with Gasteiger partial charge in [0.1, 0.15) is 17.4 Å². The zero-order valence-corrected chi connectivity index (χ0v) is 15.9. The Bertz CT molecular complexity index is 943. The number of carbonyl (C=O) groups is 2. The van der Waals surface area contributed by atoms with Gasteiger partial charge in [-0.1, -0.05) is 42.5 Å². The number of benzene rings is 2. The minimum Gasteiger partial charge on any atom is -0.373 e. The summed E-state index contributed by atoms with van der Waals surface area (Å²) in [5.41, 5.74) is 0.310. The van der Waals surface area contributed by atoms with E-state index < -0.39 is 22.5 Å². The molecule has 29 heavy (non-hydrogen) atoms. The lowest BCUT2D eigenvalue weighted by Crippen LogP contribution is -2.58. The van der Waals surface area contributed by atoms with Gasteiger partial charge in [0.25, 0.3) is 5.69 Å². The molecule has 0 radical (unpaired) electrons. The van der Waals surface area contributed by atoms with E-state index in [1.807, 2.05) is 30.3 Å². The summed E-state index contributed by atoms with van der Waals surface area (Å²) in [5.74, 6) is -0.936. The molecule has 1 N–H and O–H groups in total. The number of non-ortho nitro benzene ring substituents is 1. The molecule has 1 heterocycles. The fourth-order valence-corrected chi connectivity index (χ4v) is 4.77. The van der Waals surface area contributed by atoms with Crippen molar-refractivity contribution in [2.24, 2.45) is 5.41 Å². The van der Waals surface area contributed by atoms with Crippen LogP contribution in [0.5, 0.6) is 0 Å². The van der Waals surface area contributed by atoms with Gasteiger partial charge in [-0.3, -0.25) is 19.7 Å². The topological polar surface area (TPSA) is 101 Å². The van der Waals surface area contributed by atoms with E-state index in [1.165, 1.54) is 17.0 Å². The van der Waals surface area contributed by atoms with Crippen LogP contribution < -0.4 is 0 Å².